The molecule has 4 rings (SSSR count). The second-order valence-electron chi connectivity index (χ2n) is 6.62. The molecular formula is C24H19FN2O3S. The minimum absolute atomic E-state index is 0.103. The van der Waals surface area contributed by atoms with Crippen molar-refractivity contribution in [2.75, 3.05) is 19.5 Å². The summed E-state index contributed by atoms with van der Waals surface area (Å²) >= 11 is 1.60. The lowest BCUT2D eigenvalue weighted by Gasteiger charge is -2.03. The van der Waals surface area contributed by atoms with Crippen LogP contribution in [0.15, 0.2) is 72.9 Å². The highest BCUT2D eigenvalue weighted by molar-refractivity contribution is 7.21. The van der Waals surface area contributed by atoms with Crippen molar-refractivity contribution in [3.63, 3.8) is 0 Å². The van der Waals surface area contributed by atoms with Crippen molar-refractivity contribution in [3.8, 4) is 22.1 Å². The molecule has 1 aromatic heterocycles. The van der Waals surface area contributed by atoms with E-state index in [1.54, 1.807) is 18.4 Å². The zero-order valence-corrected chi connectivity index (χ0v) is 17.7. The molecule has 0 radical (unpaired) electrons. The predicted molar refractivity (Wildman–Crippen MR) is 122 cm³/mol. The van der Waals surface area contributed by atoms with E-state index < -0.39 is 5.82 Å². The van der Waals surface area contributed by atoms with Crippen molar-refractivity contribution < 1.29 is 18.7 Å². The fraction of sp³-hybridized carbons (Fsp3) is 0.0833. The van der Waals surface area contributed by atoms with Crippen LogP contribution in [0.3, 0.4) is 0 Å². The Morgan fingerprint density at radius 3 is 2.55 bits per heavy atom. The highest BCUT2D eigenvalue weighted by Gasteiger charge is 2.09. The minimum Gasteiger partial charge on any atom is -0.497 e. The van der Waals surface area contributed by atoms with E-state index in [1.165, 1.54) is 31.5 Å². The molecule has 0 saturated heterocycles. The fourth-order valence-corrected chi connectivity index (χ4v) is 3.99. The number of ether oxygens (including phenoxy) is 2. The van der Waals surface area contributed by atoms with Crippen molar-refractivity contribution in [3.05, 3.63) is 84.3 Å². The lowest BCUT2D eigenvalue weighted by atomic mass is 10.1. The van der Waals surface area contributed by atoms with E-state index >= 15 is 0 Å². The van der Waals surface area contributed by atoms with Gasteiger partial charge in [-0.1, -0.05) is 0 Å². The van der Waals surface area contributed by atoms with Crippen LogP contribution in [-0.4, -0.2) is 25.0 Å². The van der Waals surface area contributed by atoms with Gasteiger partial charge in [-0.3, -0.25) is 4.79 Å². The van der Waals surface area contributed by atoms with Gasteiger partial charge in [0.05, 0.1) is 24.4 Å². The molecule has 7 heteroatoms. The van der Waals surface area contributed by atoms with Crippen molar-refractivity contribution >= 4 is 33.0 Å². The highest BCUT2D eigenvalue weighted by atomic mass is 32.1. The lowest BCUT2D eigenvalue weighted by molar-refractivity contribution is 0.104. The Kier molecular flexibility index (Phi) is 5.95. The average molecular weight is 434 g/mol. The summed E-state index contributed by atoms with van der Waals surface area (Å²) in [5.74, 6) is 0.0288. The van der Waals surface area contributed by atoms with E-state index in [-0.39, 0.29) is 17.1 Å². The maximum absolute atomic E-state index is 13.8. The van der Waals surface area contributed by atoms with E-state index in [0.29, 0.717) is 0 Å². The predicted octanol–water partition coefficient (Wildman–Crippen LogP) is 5.93. The number of anilines is 1. The summed E-state index contributed by atoms with van der Waals surface area (Å²) in [6.45, 7) is 0. The van der Waals surface area contributed by atoms with Gasteiger partial charge in [0.2, 0.25) is 0 Å². The van der Waals surface area contributed by atoms with E-state index in [1.807, 2.05) is 42.5 Å². The molecule has 0 atom stereocenters. The molecule has 1 heterocycles. The number of carbonyl (C=O) groups excluding carboxylic acids is 1. The van der Waals surface area contributed by atoms with Crippen LogP contribution >= 0.6 is 11.3 Å². The molecule has 156 valence electrons. The number of allylic oxidation sites excluding steroid dienone is 1. The summed E-state index contributed by atoms with van der Waals surface area (Å²) in [7, 11) is 3.02. The van der Waals surface area contributed by atoms with Gasteiger partial charge in [-0.15, -0.1) is 11.3 Å². The molecule has 0 fully saturated rings. The second-order valence-corrected chi connectivity index (χ2v) is 7.65. The number of rotatable bonds is 7. The van der Waals surface area contributed by atoms with Gasteiger partial charge >= 0.3 is 0 Å². The first-order valence-electron chi connectivity index (χ1n) is 9.43. The zero-order chi connectivity index (χ0) is 21.8. The van der Waals surface area contributed by atoms with Crippen LogP contribution in [0, 0.1) is 5.82 Å². The lowest BCUT2D eigenvalue weighted by Crippen LogP contribution is -1.98. The van der Waals surface area contributed by atoms with E-state index in [9.17, 15) is 9.18 Å². The van der Waals surface area contributed by atoms with Crippen molar-refractivity contribution in [1.82, 2.24) is 4.98 Å². The third-order valence-electron chi connectivity index (χ3n) is 4.65. The van der Waals surface area contributed by atoms with Crippen LogP contribution in [0.1, 0.15) is 10.4 Å². The van der Waals surface area contributed by atoms with Crippen LogP contribution in [0.25, 0.3) is 20.8 Å². The Morgan fingerprint density at radius 1 is 1.03 bits per heavy atom. The standard InChI is InChI=1S/C24H19FN2O3S/c1-29-18-8-9-20-23(14-18)31-24(27-20)15-3-6-17(7-4-15)26-12-11-21(28)16-5-10-22(30-2)19(25)13-16/h3-14,26H,1-2H3/b12-11-. The van der Waals surface area contributed by atoms with Gasteiger partial charge in [0.15, 0.2) is 17.3 Å². The largest absolute Gasteiger partial charge is 0.497 e. The van der Waals surface area contributed by atoms with Crippen LogP contribution in [0.5, 0.6) is 11.5 Å². The van der Waals surface area contributed by atoms with Crippen LogP contribution in [-0.2, 0) is 0 Å². The smallest absolute Gasteiger partial charge is 0.187 e. The molecule has 4 aromatic rings. The third-order valence-corrected chi connectivity index (χ3v) is 5.72. The van der Waals surface area contributed by atoms with Crippen LogP contribution in [0.4, 0.5) is 10.1 Å². The molecular weight excluding hydrogens is 415 g/mol. The fourth-order valence-electron chi connectivity index (χ4n) is 2.99. The second kappa shape index (κ2) is 8.97. The SMILES string of the molecule is COc1ccc2nc(-c3ccc(N/C=C\C(=O)c4ccc(OC)c(F)c4)cc3)sc2c1. The molecule has 0 unspecified atom stereocenters. The number of thiazole rings is 1. The van der Waals surface area contributed by atoms with Gasteiger partial charge in [-0.2, -0.15) is 0 Å². The number of hydrogen-bond acceptors (Lipinski definition) is 6. The molecule has 0 aliphatic carbocycles. The number of benzene rings is 3. The Hall–Kier alpha value is -3.71. The number of carbonyl (C=O) groups is 1. The molecule has 0 spiro atoms. The molecule has 0 amide bonds. The molecule has 3 aromatic carbocycles. The summed E-state index contributed by atoms with van der Waals surface area (Å²) in [5.41, 5.74) is 2.99. The first-order chi connectivity index (χ1) is 15.1. The van der Waals surface area contributed by atoms with Crippen LogP contribution < -0.4 is 14.8 Å². The van der Waals surface area contributed by atoms with Gasteiger partial charge in [0.1, 0.15) is 10.8 Å². The maximum atomic E-state index is 13.8. The number of ketones is 1. The number of aromatic nitrogens is 1. The van der Waals surface area contributed by atoms with Crippen molar-refractivity contribution in [1.29, 1.82) is 0 Å². The number of hydrogen-bond donors (Lipinski definition) is 1. The van der Waals surface area contributed by atoms with Gasteiger partial charge in [-0.25, -0.2) is 9.37 Å². The van der Waals surface area contributed by atoms with Gasteiger partial charge in [0, 0.05) is 29.1 Å². The Morgan fingerprint density at radius 2 is 1.84 bits per heavy atom. The van der Waals surface area contributed by atoms with Gasteiger partial charge in [-0.05, 0) is 60.7 Å². The summed E-state index contributed by atoms with van der Waals surface area (Å²) < 4.78 is 24.9. The Balaban J connectivity index is 1.42. The number of halogens is 1. The molecule has 5 nitrogen and oxygen atoms in total. The van der Waals surface area contributed by atoms with E-state index in [0.717, 1.165) is 38.3 Å². The van der Waals surface area contributed by atoms with Gasteiger partial charge in [0.25, 0.3) is 0 Å². The quantitative estimate of drug-likeness (QED) is 0.289. The Bertz CT molecular complexity index is 1270. The van der Waals surface area contributed by atoms with E-state index in [2.05, 4.69) is 10.3 Å². The minimum atomic E-state index is -0.571. The topological polar surface area (TPSA) is 60.5 Å². The summed E-state index contributed by atoms with van der Waals surface area (Å²) in [6.07, 6.45) is 2.89. The molecule has 0 aliphatic heterocycles. The highest BCUT2D eigenvalue weighted by Crippen LogP contribution is 2.32. The molecule has 0 bridgehead atoms. The number of nitrogens with one attached hydrogen (secondary N) is 1. The van der Waals surface area contributed by atoms with Crippen molar-refractivity contribution in [2.24, 2.45) is 0 Å². The number of fused-ring (bicyclic) bond motifs is 1. The zero-order valence-electron chi connectivity index (χ0n) is 16.9. The van der Waals surface area contributed by atoms with Crippen molar-refractivity contribution in [2.45, 2.75) is 0 Å². The summed E-state index contributed by atoms with van der Waals surface area (Å²) in [4.78, 5) is 16.9. The maximum Gasteiger partial charge on any atom is 0.187 e. The summed E-state index contributed by atoms with van der Waals surface area (Å²) in [5, 5.41) is 3.97. The number of nitrogens with zero attached hydrogens (tertiary/aromatic N) is 1. The van der Waals surface area contributed by atoms with Gasteiger partial charge < -0.3 is 14.8 Å². The molecule has 0 saturated carbocycles. The first-order valence-corrected chi connectivity index (χ1v) is 10.2. The summed E-state index contributed by atoms with van der Waals surface area (Å²) in [6, 6.07) is 17.7. The normalized spacial score (nSPS) is 11.1. The average Bonchev–Trinajstić information content (AvgIpc) is 3.22. The van der Waals surface area contributed by atoms with E-state index in [4.69, 9.17) is 9.47 Å². The Labute approximate surface area is 182 Å². The molecule has 1 N–H and O–H groups in total. The first kappa shape index (κ1) is 20.6. The van der Waals surface area contributed by atoms with Crippen LogP contribution in [0.2, 0.25) is 0 Å². The monoisotopic (exact) mass is 434 g/mol. The molecule has 31 heavy (non-hydrogen) atoms. The molecule has 0 aliphatic rings. The number of methoxy groups -OCH3 is 2. The third kappa shape index (κ3) is 4.57.